The van der Waals surface area contributed by atoms with Crippen LogP contribution in [0.1, 0.15) is 31.2 Å². The van der Waals surface area contributed by atoms with Crippen LogP contribution < -0.4 is 5.32 Å². The average molecular weight is 303 g/mol. The quantitative estimate of drug-likeness (QED) is 0.817. The largest absolute Gasteiger partial charge is 0.392 e. The van der Waals surface area contributed by atoms with Crippen molar-refractivity contribution in [2.75, 3.05) is 7.05 Å². The molecule has 1 aliphatic carbocycles. The lowest BCUT2D eigenvalue weighted by molar-refractivity contribution is -0.199. The van der Waals surface area contributed by atoms with Crippen LogP contribution in [0.3, 0.4) is 0 Å². The maximum atomic E-state index is 13.2. The van der Waals surface area contributed by atoms with E-state index in [1.807, 2.05) is 0 Å². The van der Waals surface area contributed by atoms with Gasteiger partial charge in [-0.1, -0.05) is 25.0 Å². The highest BCUT2D eigenvalue weighted by Gasteiger charge is 2.47. The smallest absolute Gasteiger partial charge is 0.316 e. The van der Waals surface area contributed by atoms with Gasteiger partial charge in [0, 0.05) is 6.04 Å². The Hall–Kier alpha value is -1.10. The highest BCUT2D eigenvalue weighted by molar-refractivity contribution is 5.17. The summed E-state index contributed by atoms with van der Waals surface area (Å²) in [5.41, 5.74) is 0.863. The number of rotatable bonds is 4. The summed E-state index contributed by atoms with van der Waals surface area (Å²) in [6.07, 6.45) is -1.34. The van der Waals surface area contributed by atoms with Crippen molar-refractivity contribution < 1.29 is 17.6 Å². The van der Waals surface area contributed by atoms with Crippen LogP contribution >= 0.6 is 0 Å². The van der Waals surface area contributed by atoms with E-state index in [4.69, 9.17) is 0 Å². The van der Waals surface area contributed by atoms with Crippen LogP contribution in [0, 0.1) is 17.7 Å². The molecule has 0 aliphatic heterocycles. The zero-order valence-electron chi connectivity index (χ0n) is 12.1. The summed E-state index contributed by atoms with van der Waals surface area (Å²) < 4.78 is 52.5. The molecule has 3 unspecified atom stereocenters. The van der Waals surface area contributed by atoms with Crippen LogP contribution in [-0.2, 0) is 6.42 Å². The van der Waals surface area contributed by atoms with E-state index in [-0.39, 0.29) is 18.3 Å². The molecule has 0 heterocycles. The molecular weight excluding hydrogens is 282 g/mol. The summed E-state index contributed by atoms with van der Waals surface area (Å²) in [5, 5.41) is 3.04. The molecule has 0 radical (unpaired) electrons. The summed E-state index contributed by atoms with van der Waals surface area (Å²) in [4.78, 5) is 0. The molecule has 2 rings (SSSR count). The molecule has 3 atom stereocenters. The summed E-state index contributed by atoms with van der Waals surface area (Å²) >= 11 is 0. The Morgan fingerprint density at radius 3 is 2.33 bits per heavy atom. The van der Waals surface area contributed by atoms with Gasteiger partial charge in [0.05, 0.1) is 5.92 Å². The van der Waals surface area contributed by atoms with Gasteiger partial charge in [-0.25, -0.2) is 4.39 Å². The summed E-state index contributed by atoms with van der Waals surface area (Å²) in [6.45, 7) is 0. The second-order valence-corrected chi connectivity index (χ2v) is 5.82. The molecule has 118 valence electrons. The molecule has 0 spiro atoms. The highest BCUT2D eigenvalue weighted by Crippen LogP contribution is 2.43. The first-order valence-electron chi connectivity index (χ1n) is 7.40. The van der Waals surface area contributed by atoms with Gasteiger partial charge >= 0.3 is 6.18 Å². The van der Waals surface area contributed by atoms with Gasteiger partial charge in [0.25, 0.3) is 0 Å². The molecule has 1 aromatic carbocycles. The molecule has 0 saturated heterocycles. The number of hydrogen-bond donors (Lipinski definition) is 1. The first-order chi connectivity index (χ1) is 9.91. The van der Waals surface area contributed by atoms with Gasteiger partial charge in [0.2, 0.25) is 0 Å². The average Bonchev–Trinajstić information content (AvgIpc) is 2.46. The van der Waals surface area contributed by atoms with E-state index in [1.165, 1.54) is 12.1 Å². The third kappa shape index (κ3) is 4.19. The first-order valence-corrected chi connectivity index (χ1v) is 7.40. The second-order valence-electron chi connectivity index (χ2n) is 5.82. The molecule has 1 fully saturated rings. The van der Waals surface area contributed by atoms with E-state index in [9.17, 15) is 17.6 Å². The monoisotopic (exact) mass is 303 g/mol. The molecule has 0 aromatic heterocycles. The number of benzene rings is 1. The van der Waals surface area contributed by atoms with Crippen LogP contribution in [0.25, 0.3) is 0 Å². The van der Waals surface area contributed by atoms with Gasteiger partial charge in [-0.3, -0.25) is 0 Å². The number of alkyl halides is 3. The maximum absolute atomic E-state index is 13.2. The highest BCUT2D eigenvalue weighted by atomic mass is 19.4. The zero-order chi connectivity index (χ0) is 15.5. The van der Waals surface area contributed by atoms with Crippen LogP contribution in [0.2, 0.25) is 0 Å². The fourth-order valence-corrected chi connectivity index (χ4v) is 3.39. The summed E-state index contributed by atoms with van der Waals surface area (Å²) in [5.74, 6) is -1.97. The second kappa shape index (κ2) is 6.77. The van der Waals surface area contributed by atoms with E-state index in [2.05, 4.69) is 5.32 Å². The number of likely N-dealkylation sites (N-methyl/N-ethyl adjacent to an activating group) is 1. The Labute approximate surface area is 122 Å². The van der Waals surface area contributed by atoms with Gasteiger partial charge in [-0.15, -0.1) is 0 Å². The lowest BCUT2D eigenvalue weighted by Gasteiger charge is -2.38. The lowest BCUT2D eigenvalue weighted by atomic mass is 9.73. The minimum Gasteiger partial charge on any atom is -0.316 e. The molecule has 5 heteroatoms. The van der Waals surface area contributed by atoms with Crippen molar-refractivity contribution in [2.24, 2.45) is 11.8 Å². The van der Waals surface area contributed by atoms with E-state index >= 15 is 0 Å². The van der Waals surface area contributed by atoms with Crippen molar-refractivity contribution in [3.05, 3.63) is 35.6 Å². The Morgan fingerprint density at radius 2 is 1.76 bits per heavy atom. The SMILES string of the molecule is CNC(Cc1ccc(F)cc1)C1CCCCC1C(F)(F)F. The Bertz CT molecular complexity index is 441. The lowest BCUT2D eigenvalue weighted by Crippen LogP contribution is -2.45. The molecule has 0 bridgehead atoms. The van der Waals surface area contributed by atoms with Crippen LogP contribution in [0.5, 0.6) is 0 Å². The predicted molar refractivity (Wildman–Crippen MR) is 74.5 cm³/mol. The number of hydrogen-bond acceptors (Lipinski definition) is 1. The van der Waals surface area contributed by atoms with Crippen LogP contribution in [0.15, 0.2) is 24.3 Å². The van der Waals surface area contributed by atoms with Crippen molar-refractivity contribution in [3.8, 4) is 0 Å². The van der Waals surface area contributed by atoms with Crippen LogP contribution in [0.4, 0.5) is 17.6 Å². The minimum absolute atomic E-state index is 0.218. The fraction of sp³-hybridized carbons (Fsp3) is 0.625. The van der Waals surface area contributed by atoms with Crippen molar-refractivity contribution in [2.45, 2.75) is 44.3 Å². The standard InChI is InChI=1S/C16H21F4N/c1-21-15(10-11-6-8-12(17)9-7-11)13-4-2-3-5-14(13)16(18,19)20/h6-9,13-15,21H,2-5,10H2,1H3. The van der Waals surface area contributed by atoms with Gasteiger partial charge in [0.1, 0.15) is 5.82 Å². The Balaban J connectivity index is 2.12. The molecular formula is C16H21F4N. The maximum Gasteiger partial charge on any atom is 0.392 e. The van der Waals surface area contributed by atoms with Gasteiger partial charge < -0.3 is 5.32 Å². The normalized spacial score (nSPS) is 24.8. The molecule has 1 nitrogen and oxygen atoms in total. The van der Waals surface area contributed by atoms with E-state index in [0.29, 0.717) is 19.3 Å². The van der Waals surface area contributed by atoms with Crippen LogP contribution in [-0.4, -0.2) is 19.3 Å². The molecule has 1 aliphatic rings. The molecule has 0 amide bonds. The molecule has 1 saturated carbocycles. The van der Waals surface area contributed by atoms with Crippen molar-refractivity contribution in [1.29, 1.82) is 0 Å². The zero-order valence-corrected chi connectivity index (χ0v) is 12.1. The number of nitrogens with one attached hydrogen (secondary N) is 1. The Kier molecular flexibility index (Phi) is 5.25. The topological polar surface area (TPSA) is 12.0 Å². The van der Waals surface area contributed by atoms with Crippen molar-refractivity contribution >= 4 is 0 Å². The van der Waals surface area contributed by atoms with Crippen molar-refractivity contribution in [3.63, 3.8) is 0 Å². The fourth-order valence-electron chi connectivity index (χ4n) is 3.39. The van der Waals surface area contributed by atoms with Gasteiger partial charge in [-0.2, -0.15) is 13.2 Å². The van der Waals surface area contributed by atoms with E-state index < -0.39 is 18.0 Å². The predicted octanol–water partition coefficient (Wildman–Crippen LogP) is 4.32. The Morgan fingerprint density at radius 1 is 1.14 bits per heavy atom. The van der Waals surface area contributed by atoms with Gasteiger partial charge in [0.15, 0.2) is 0 Å². The molecule has 1 aromatic rings. The van der Waals surface area contributed by atoms with Crippen molar-refractivity contribution in [1.82, 2.24) is 5.32 Å². The summed E-state index contributed by atoms with van der Waals surface area (Å²) in [7, 11) is 1.70. The van der Waals surface area contributed by atoms with Gasteiger partial charge in [-0.05, 0) is 49.9 Å². The molecule has 1 N–H and O–H groups in total. The third-order valence-corrected chi connectivity index (χ3v) is 4.50. The van der Waals surface area contributed by atoms with E-state index in [1.54, 1.807) is 19.2 Å². The minimum atomic E-state index is -4.14. The molecule has 21 heavy (non-hydrogen) atoms. The summed E-state index contributed by atoms with van der Waals surface area (Å²) in [6, 6.07) is 5.76. The number of halogens is 4. The van der Waals surface area contributed by atoms with E-state index in [0.717, 1.165) is 12.0 Å². The first kappa shape index (κ1) is 16.3. The third-order valence-electron chi connectivity index (χ3n) is 4.50.